The minimum atomic E-state index is 0.641. The monoisotopic (exact) mass is 226 g/mol. The highest BCUT2D eigenvalue weighted by atomic mass is 15.1. The lowest BCUT2D eigenvalue weighted by Crippen LogP contribution is -2.38. The van der Waals surface area contributed by atoms with Crippen molar-refractivity contribution in [1.82, 2.24) is 10.2 Å². The van der Waals surface area contributed by atoms with Gasteiger partial charge in [0.15, 0.2) is 0 Å². The molecule has 0 amide bonds. The van der Waals surface area contributed by atoms with Crippen molar-refractivity contribution >= 4 is 0 Å². The molecule has 1 atom stereocenters. The van der Waals surface area contributed by atoms with Crippen molar-refractivity contribution in [3.63, 3.8) is 0 Å². The maximum Gasteiger partial charge on any atom is 0.00669 e. The van der Waals surface area contributed by atoms with E-state index in [4.69, 9.17) is 0 Å². The van der Waals surface area contributed by atoms with Gasteiger partial charge in [-0.25, -0.2) is 0 Å². The van der Waals surface area contributed by atoms with Crippen LogP contribution in [-0.4, -0.2) is 36.6 Å². The zero-order chi connectivity index (χ0) is 11.8. The van der Waals surface area contributed by atoms with Crippen molar-refractivity contribution in [2.45, 2.75) is 71.4 Å². The molecule has 1 aliphatic heterocycles. The van der Waals surface area contributed by atoms with Gasteiger partial charge in [0, 0.05) is 12.1 Å². The molecule has 1 aliphatic rings. The molecule has 1 rings (SSSR count). The highest BCUT2D eigenvalue weighted by Gasteiger charge is 2.16. The fourth-order valence-electron chi connectivity index (χ4n) is 2.50. The second kappa shape index (κ2) is 8.08. The van der Waals surface area contributed by atoms with Crippen molar-refractivity contribution in [2.75, 3.05) is 19.6 Å². The zero-order valence-corrected chi connectivity index (χ0v) is 11.5. The molecular weight excluding hydrogens is 196 g/mol. The topological polar surface area (TPSA) is 15.3 Å². The van der Waals surface area contributed by atoms with Gasteiger partial charge in [-0.1, -0.05) is 26.7 Å². The van der Waals surface area contributed by atoms with Crippen LogP contribution in [0.5, 0.6) is 0 Å². The summed E-state index contributed by atoms with van der Waals surface area (Å²) in [5.41, 5.74) is 0. The number of nitrogens with zero attached hydrogens (tertiary/aromatic N) is 1. The largest absolute Gasteiger partial charge is 0.315 e. The van der Waals surface area contributed by atoms with Crippen LogP contribution in [-0.2, 0) is 0 Å². The summed E-state index contributed by atoms with van der Waals surface area (Å²) in [4.78, 5) is 2.68. The van der Waals surface area contributed by atoms with E-state index in [1.807, 2.05) is 0 Å². The Labute approximate surface area is 102 Å². The van der Waals surface area contributed by atoms with Crippen LogP contribution in [0.1, 0.15) is 59.3 Å². The molecule has 0 aromatic heterocycles. The molecule has 0 aromatic carbocycles. The van der Waals surface area contributed by atoms with Crippen LogP contribution in [0.2, 0.25) is 0 Å². The Bertz CT molecular complexity index is 168. The second-order valence-corrected chi connectivity index (χ2v) is 5.55. The predicted molar refractivity (Wildman–Crippen MR) is 71.9 cm³/mol. The maximum absolute atomic E-state index is 3.48. The number of rotatable bonds is 7. The summed E-state index contributed by atoms with van der Waals surface area (Å²) in [6.07, 6.45) is 8.36. The van der Waals surface area contributed by atoms with Crippen LogP contribution in [0.4, 0.5) is 0 Å². The lowest BCUT2D eigenvalue weighted by atomic mass is 10.0. The number of hydrogen-bond acceptors (Lipinski definition) is 2. The molecule has 1 heterocycles. The highest BCUT2D eigenvalue weighted by molar-refractivity contribution is 4.72. The number of likely N-dealkylation sites (tertiary alicyclic amines) is 1. The smallest absolute Gasteiger partial charge is 0.00669 e. The Morgan fingerprint density at radius 3 is 2.69 bits per heavy atom. The normalized spacial score (nSPS) is 22.9. The molecule has 96 valence electrons. The molecule has 0 aromatic rings. The second-order valence-electron chi connectivity index (χ2n) is 5.55. The Kier molecular flexibility index (Phi) is 7.06. The predicted octanol–water partition coefficient (Wildman–Crippen LogP) is 3.03. The van der Waals surface area contributed by atoms with E-state index in [1.165, 1.54) is 58.2 Å². The highest BCUT2D eigenvalue weighted by Crippen LogP contribution is 2.16. The van der Waals surface area contributed by atoms with E-state index in [-0.39, 0.29) is 0 Å². The molecule has 0 aliphatic carbocycles. The number of unbranched alkanes of at least 4 members (excludes halogenated alkanes) is 2. The van der Waals surface area contributed by atoms with Crippen molar-refractivity contribution in [3.8, 4) is 0 Å². The standard InChI is InChI=1S/C14H30N2/c1-13(2)15-10-6-4-7-11-16-12-8-5-9-14(16)3/h13-15H,4-12H2,1-3H3. The molecule has 0 saturated carbocycles. The number of hydrogen-bond donors (Lipinski definition) is 1. The quantitative estimate of drug-likeness (QED) is 0.671. The van der Waals surface area contributed by atoms with Gasteiger partial charge in [0.2, 0.25) is 0 Å². The van der Waals surface area contributed by atoms with E-state index in [0.717, 1.165) is 6.04 Å². The van der Waals surface area contributed by atoms with Crippen molar-refractivity contribution < 1.29 is 0 Å². The fraction of sp³-hybridized carbons (Fsp3) is 1.00. The Morgan fingerprint density at radius 1 is 1.19 bits per heavy atom. The maximum atomic E-state index is 3.48. The van der Waals surface area contributed by atoms with Gasteiger partial charge in [0.1, 0.15) is 0 Å². The molecule has 1 fully saturated rings. The van der Waals surface area contributed by atoms with Crippen LogP contribution >= 0.6 is 0 Å². The first-order valence-electron chi connectivity index (χ1n) is 7.17. The average molecular weight is 226 g/mol. The summed E-state index contributed by atoms with van der Waals surface area (Å²) in [6.45, 7) is 10.7. The Morgan fingerprint density at radius 2 is 2.00 bits per heavy atom. The molecule has 0 bridgehead atoms. The minimum Gasteiger partial charge on any atom is -0.315 e. The van der Waals surface area contributed by atoms with Gasteiger partial charge in [0.05, 0.1) is 0 Å². The molecule has 16 heavy (non-hydrogen) atoms. The SMILES string of the molecule is CC(C)NCCCCCN1CCCCC1C. The van der Waals surface area contributed by atoms with Crippen molar-refractivity contribution in [1.29, 1.82) is 0 Å². The molecule has 0 radical (unpaired) electrons. The third-order valence-electron chi connectivity index (χ3n) is 3.62. The molecule has 2 heteroatoms. The first-order chi connectivity index (χ1) is 7.70. The lowest BCUT2D eigenvalue weighted by molar-refractivity contribution is 0.157. The number of nitrogens with one attached hydrogen (secondary N) is 1. The van der Waals surface area contributed by atoms with E-state index in [0.29, 0.717) is 6.04 Å². The lowest BCUT2D eigenvalue weighted by Gasteiger charge is -2.33. The Balaban J connectivity index is 1.94. The van der Waals surface area contributed by atoms with Gasteiger partial charge in [-0.15, -0.1) is 0 Å². The summed E-state index contributed by atoms with van der Waals surface area (Å²) in [7, 11) is 0. The van der Waals surface area contributed by atoms with Gasteiger partial charge in [-0.3, -0.25) is 0 Å². The molecule has 2 nitrogen and oxygen atoms in total. The fourth-order valence-corrected chi connectivity index (χ4v) is 2.50. The molecule has 1 N–H and O–H groups in total. The molecule has 0 spiro atoms. The van der Waals surface area contributed by atoms with Gasteiger partial charge < -0.3 is 10.2 Å². The summed E-state index contributed by atoms with van der Waals surface area (Å²) < 4.78 is 0. The Hall–Kier alpha value is -0.0800. The molecular formula is C14H30N2. The average Bonchev–Trinajstić information content (AvgIpc) is 2.25. The third-order valence-corrected chi connectivity index (χ3v) is 3.62. The zero-order valence-electron chi connectivity index (χ0n) is 11.5. The van der Waals surface area contributed by atoms with Crippen LogP contribution in [0.15, 0.2) is 0 Å². The van der Waals surface area contributed by atoms with Gasteiger partial charge in [-0.05, 0) is 52.2 Å². The van der Waals surface area contributed by atoms with E-state index in [9.17, 15) is 0 Å². The molecule has 1 unspecified atom stereocenters. The van der Waals surface area contributed by atoms with E-state index in [1.54, 1.807) is 0 Å². The van der Waals surface area contributed by atoms with Crippen LogP contribution in [0, 0.1) is 0 Å². The summed E-state index contributed by atoms with van der Waals surface area (Å²) in [5, 5.41) is 3.48. The first kappa shape index (κ1) is 14.0. The van der Waals surface area contributed by atoms with Gasteiger partial charge >= 0.3 is 0 Å². The van der Waals surface area contributed by atoms with Crippen molar-refractivity contribution in [2.24, 2.45) is 0 Å². The van der Waals surface area contributed by atoms with Crippen LogP contribution < -0.4 is 5.32 Å². The van der Waals surface area contributed by atoms with Crippen LogP contribution in [0.25, 0.3) is 0 Å². The summed E-state index contributed by atoms with van der Waals surface area (Å²) >= 11 is 0. The van der Waals surface area contributed by atoms with Crippen LogP contribution in [0.3, 0.4) is 0 Å². The summed E-state index contributed by atoms with van der Waals surface area (Å²) in [5.74, 6) is 0. The van der Waals surface area contributed by atoms with E-state index < -0.39 is 0 Å². The molecule has 1 saturated heterocycles. The van der Waals surface area contributed by atoms with Gasteiger partial charge in [0.25, 0.3) is 0 Å². The van der Waals surface area contributed by atoms with Crippen molar-refractivity contribution in [3.05, 3.63) is 0 Å². The van der Waals surface area contributed by atoms with E-state index in [2.05, 4.69) is 31.0 Å². The number of piperidine rings is 1. The van der Waals surface area contributed by atoms with Gasteiger partial charge in [-0.2, -0.15) is 0 Å². The minimum absolute atomic E-state index is 0.641. The third kappa shape index (κ3) is 5.86. The summed E-state index contributed by atoms with van der Waals surface area (Å²) in [6, 6.07) is 1.48. The van der Waals surface area contributed by atoms with E-state index >= 15 is 0 Å². The first-order valence-corrected chi connectivity index (χ1v) is 7.17.